The van der Waals surface area contributed by atoms with Crippen molar-refractivity contribution in [3.05, 3.63) is 16.0 Å². The Morgan fingerprint density at radius 3 is 2.50 bits per heavy atom. The molecular weight excluding hydrogens is 328 g/mol. The summed E-state index contributed by atoms with van der Waals surface area (Å²) in [6.07, 6.45) is 2.78. The number of carbonyl (C=O) groups excluding carboxylic acids is 3. The molecule has 0 spiro atoms. The minimum absolute atomic E-state index is 0.0748. The number of primary amides is 1. The summed E-state index contributed by atoms with van der Waals surface area (Å²) in [5, 5.41) is 6.13. The second-order valence-electron chi connectivity index (χ2n) is 6.51. The van der Waals surface area contributed by atoms with Gasteiger partial charge in [-0.1, -0.05) is 0 Å². The summed E-state index contributed by atoms with van der Waals surface area (Å²) in [6.45, 7) is 4.14. The summed E-state index contributed by atoms with van der Waals surface area (Å²) in [5.74, 6) is -0.822. The molecule has 1 aliphatic carbocycles. The lowest BCUT2D eigenvalue weighted by atomic mass is 10.1. The van der Waals surface area contributed by atoms with Gasteiger partial charge in [-0.25, -0.2) is 0 Å². The number of likely N-dealkylation sites (N-methyl/N-ethyl adjacent to an activating group) is 1. The first-order chi connectivity index (χ1) is 11.3. The van der Waals surface area contributed by atoms with Gasteiger partial charge < -0.3 is 21.3 Å². The predicted molar refractivity (Wildman–Crippen MR) is 93.4 cm³/mol. The number of quaternary nitrogens is 1. The van der Waals surface area contributed by atoms with Crippen LogP contribution < -0.4 is 21.3 Å². The van der Waals surface area contributed by atoms with Crippen molar-refractivity contribution in [2.75, 3.05) is 25.5 Å². The minimum Gasteiger partial charge on any atom is -0.365 e. The summed E-state index contributed by atoms with van der Waals surface area (Å²) in [4.78, 5) is 37.6. The van der Waals surface area contributed by atoms with E-state index in [1.54, 1.807) is 7.05 Å². The molecule has 0 aliphatic heterocycles. The van der Waals surface area contributed by atoms with Gasteiger partial charge in [-0.3, -0.25) is 14.4 Å². The van der Waals surface area contributed by atoms with E-state index in [0.29, 0.717) is 10.6 Å². The fraction of sp³-hybridized carbons (Fsp3) is 0.562. The molecule has 1 heterocycles. The van der Waals surface area contributed by atoms with Gasteiger partial charge >= 0.3 is 0 Å². The van der Waals surface area contributed by atoms with Crippen LogP contribution >= 0.6 is 11.3 Å². The van der Waals surface area contributed by atoms with Crippen LogP contribution in [0.2, 0.25) is 0 Å². The first-order valence-corrected chi connectivity index (χ1v) is 8.94. The molecule has 132 valence electrons. The van der Waals surface area contributed by atoms with Crippen LogP contribution in [-0.2, 0) is 22.4 Å². The van der Waals surface area contributed by atoms with Gasteiger partial charge in [0.15, 0.2) is 13.1 Å². The lowest BCUT2D eigenvalue weighted by Gasteiger charge is -2.15. The minimum atomic E-state index is -0.498. The Morgan fingerprint density at radius 1 is 1.21 bits per heavy atom. The van der Waals surface area contributed by atoms with Crippen LogP contribution in [0.25, 0.3) is 0 Å². The van der Waals surface area contributed by atoms with Gasteiger partial charge in [0.1, 0.15) is 5.00 Å². The van der Waals surface area contributed by atoms with E-state index in [1.807, 2.05) is 13.8 Å². The topological polar surface area (TPSA) is 106 Å². The number of nitrogens with two attached hydrogens (primary N) is 1. The number of anilines is 1. The molecule has 0 saturated carbocycles. The predicted octanol–water partition coefficient (Wildman–Crippen LogP) is -0.686. The second kappa shape index (κ2) is 7.76. The fourth-order valence-electron chi connectivity index (χ4n) is 2.91. The molecule has 0 saturated heterocycles. The van der Waals surface area contributed by atoms with Crippen LogP contribution in [0.4, 0.5) is 5.00 Å². The molecule has 2 rings (SSSR count). The molecule has 5 N–H and O–H groups in total. The molecule has 24 heavy (non-hydrogen) atoms. The Balaban J connectivity index is 1.95. The van der Waals surface area contributed by atoms with E-state index in [4.69, 9.17) is 5.73 Å². The van der Waals surface area contributed by atoms with E-state index in [-0.39, 0.29) is 30.9 Å². The van der Waals surface area contributed by atoms with Crippen LogP contribution in [0, 0.1) is 0 Å². The number of carbonyl (C=O) groups is 3. The smallest absolute Gasteiger partial charge is 0.280 e. The van der Waals surface area contributed by atoms with Crippen molar-refractivity contribution in [1.29, 1.82) is 0 Å². The molecule has 8 heteroatoms. The molecule has 1 aromatic heterocycles. The molecule has 1 atom stereocenters. The number of hydrogen-bond donors (Lipinski definition) is 4. The summed E-state index contributed by atoms with van der Waals surface area (Å²) < 4.78 is 0. The Kier molecular flexibility index (Phi) is 5.95. The zero-order valence-corrected chi connectivity index (χ0v) is 15.1. The summed E-state index contributed by atoms with van der Waals surface area (Å²) in [6, 6.07) is 0.0748. The number of amides is 3. The van der Waals surface area contributed by atoms with E-state index in [0.717, 1.165) is 34.6 Å². The standard InChI is InChI=1S/C16H24N4O3S/c1-9(2)18-12(21)7-20(3)8-13(22)19-16-14(15(17)23)10-5-4-6-11(10)24-16/h9H,4-8H2,1-3H3,(H2,17,23)(H,18,21)(H,19,22)/p+1. The Labute approximate surface area is 145 Å². The zero-order valence-electron chi connectivity index (χ0n) is 14.3. The highest BCUT2D eigenvalue weighted by atomic mass is 32.1. The number of fused-ring (bicyclic) bond motifs is 1. The third-order valence-corrected chi connectivity index (χ3v) is 5.00. The van der Waals surface area contributed by atoms with Gasteiger partial charge in [-0.05, 0) is 38.7 Å². The quantitative estimate of drug-likeness (QED) is 0.521. The third-order valence-electron chi connectivity index (χ3n) is 3.79. The number of thiophene rings is 1. The molecule has 0 bridgehead atoms. The van der Waals surface area contributed by atoms with Crippen LogP contribution in [0.1, 0.15) is 41.1 Å². The molecule has 1 aliphatic rings. The van der Waals surface area contributed by atoms with Gasteiger partial charge in [0.2, 0.25) is 0 Å². The molecular formula is C16H25N4O3S+. The maximum Gasteiger partial charge on any atom is 0.280 e. The van der Waals surface area contributed by atoms with Crippen molar-refractivity contribution in [2.24, 2.45) is 5.73 Å². The van der Waals surface area contributed by atoms with Gasteiger partial charge in [-0.15, -0.1) is 11.3 Å². The Bertz CT molecular complexity index is 654. The normalized spacial score (nSPS) is 14.3. The molecule has 1 unspecified atom stereocenters. The van der Waals surface area contributed by atoms with Crippen LogP contribution in [0.5, 0.6) is 0 Å². The first kappa shape index (κ1) is 18.4. The van der Waals surface area contributed by atoms with Gasteiger partial charge in [0.05, 0.1) is 12.6 Å². The van der Waals surface area contributed by atoms with Gasteiger partial charge in [0, 0.05) is 10.9 Å². The third kappa shape index (κ3) is 4.55. The summed E-state index contributed by atoms with van der Waals surface area (Å²) in [5.41, 5.74) is 6.92. The molecule has 3 amide bonds. The van der Waals surface area contributed by atoms with Crippen LogP contribution in [0.3, 0.4) is 0 Å². The SMILES string of the molecule is CC(C)NC(=O)C[NH+](C)CC(=O)Nc1sc2c(c1C(N)=O)CCC2. The number of hydrogen-bond acceptors (Lipinski definition) is 4. The van der Waals surface area contributed by atoms with E-state index in [9.17, 15) is 14.4 Å². The van der Waals surface area contributed by atoms with Crippen LogP contribution in [0.15, 0.2) is 0 Å². The number of aryl methyl sites for hydroxylation is 1. The largest absolute Gasteiger partial charge is 0.365 e. The Hall–Kier alpha value is -1.93. The van der Waals surface area contributed by atoms with Gasteiger partial charge in [-0.2, -0.15) is 0 Å². The van der Waals surface area contributed by atoms with E-state index < -0.39 is 5.91 Å². The summed E-state index contributed by atoms with van der Waals surface area (Å²) in [7, 11) is 1.78. The maximum atomic E-state index is 12.2. The molecule has 0 fully saturated rings. The lowest BCUT2D eigenvalue weighted by molar-refractivity contribution is -0.862. The number of rotatable bonds is 7. The average molecular weight is 353 g/mol. The van der Waals surface area contributed by atoms with Crippen molar-refractivity contribution in [1.82, 2.24) is 5.32 Å². The van der Waals surface area contributed by atoms with Crippen molar-refractivity contribution in [3.63, 3.8) is 0 Å². The highest BCUT2D eigenvalue weighted by molar-refractivity contribution is 7.17. The van der Waals surface area contributed by atoms with Crippen LogP contribution in [-0.4, -0.2) is 43.9 Å². The fourth-order valence-corrected chi connectivity index (χ4v) is 4.22. The van der Waals surface area contributed by atoms with Gasteiger partial charge in [0.25, 0.3) is 17.7 Å². The van der Waals surface area contributed by atoms with Crippen molar-refractivity contribution < 1.29 is 19.3 Å². The molecule has 0 radical (unpaired) electrons. The molecule has 1 aromatic rings. The first-order valence-electron chi connectivity index (χ1n) is 8.12. The number of nitrogens with one attached hydrogen (secondary N) is 3. The van der Waals surface area contributed by atoms with E-state index in [2.05, 4.69) is 10.6 Å². The zero-order chi connectivity index (χ0) is 17.9. The average Bonchev–Trinajstić information content (AvgIpc) is 2.95. The van der Waals surface area contributed by atoms with E-state index >= 15 is 0 Å². The second-order valence-corrected chi connectivity index (χ2v) is 7.61. The monoisotopic (exact) mass is 353 g/mol. The van der Waals surface area contributed by atoms with Crippen molar-refractivity contribution in [2.45, 2.75) is 39.2 Å². The molecule has 0 aromatic carbocycles. The van der Waals surface area contributed by atoms with E-state index in [1.165, 1.54) is 11.3 Å². The van der Waals surface area contributed by atoms with Crippen molar-refractivity contribution in [3.8, 4) is 0 Å². The van der Waals surface area contributed by atoms with Crippen molar-refractivity contribution >= 4 is 34.1 Å². The summed E-state index contributed by atoms with van der Waals surface area (Å²) >= 11 is 1.43. The lowest BCUT2D eigenvalue weighted by Crippen LogP contribution is -3.11. The Morgan fingerprint density at radius 2 is 1.88 bits per heavy atom. The molecule has 7 nitrogen and oxygen atoms in total. The maximum absolute atomic E-state index is 12.2. The highest BCUT2D eigenvalue weighted by Crippen LogP contribution is 2.38. The highest BCUT2D eigenvalue weighted by Gasteiger charge is 2.26.